The Balaban J connectivity index is 2.37. The number of benzene rings is 1. The predicted octanol–water partition coefficient (Wildman–Crippen LogP) is 4.35. The lowest BCUT2D eigenvalue weighted by Crippen LogP contribution is -2.07. The van der Waals surface area contributed by atoms with Gasteiger partial charge in [0, 0.05) is 16.4 Å². The molecule has 0 aliphatic rings. The Hall–Kier alpha value is -1.35. The first-order valence-electron chi connectivity index (χ1n) is 5.19. The number of halogens is 5. The fraction of sp³-hybridized carbons (Fsp3) is 0.0909. The van der Waals surface area contributed by atoms with Crippen molar-refractivity contribution in [3.05, 3.63) is 38.9 Å². The maximum absolute atomic E-state index is 12.8. The average molecular weight is 412 g/mol. The number of nitrogens with zero attached hydrogens (tertiary/aromatic N) is 2. The fourth-order valence-electron chi connectivity index (χ4n) is 1.43. The van der Waals surface area contributed by atoms with Gasteiger partial charge in [-0.25, -0.2) is 4.98 Å². The Morgan fingerprint density at radius 2 is 1.85 bits per heavy atom. The summed E-state index contributed by atoms with van der Waals surface area (Å²) in [6.45, 7) is 0. The molecule has 4 nitrogen and oxygen atoms in total. The van der Waals surface area contributed by atoms with E-state index in [4.69, 9.17) is 5.73 Å². The summed E-state index contributed by atoms with van der Waals surface area (Å²) < 4.78 is 38.9. The summed E-state index contributed by atoms with van der Waals surface area (Å²) in [6, 6.07) is 3.78. The maximum Gasteiger partial charge on any atom is 0.417 e. The van der Waals surface area contributed by atoms with Crippen molar-refractivity contribution < 1.29 is 13.2 Å². The molecule has 0 fully saturated rings. The highest BCUT2D eigenvalue weighted by atomic mass is 79.9. The molecule has 2 rings (SSSR count). The van der Waals surface area contributed by atoms with E-state index >= 15 is 0 Å². The van der Waals surface area contributed by atoms with Gasteiger partial charge in [-0.05, 0) is 34.1 Å². The van der Waals surface area contributed by atoms with Crippen LogP contribution in [0.25, 0.3) is 0 Å². The highest BCUT2D eigenvalue weighted by Gasteiger charge is 2.33. The third kappa shape index (κ3) is 3.40. The van der Waals surface area contributed by atoms with E-state index in [-0.39, 0.29) is 21.9 Å². The van der Waals surface area contributed by atoms with Crippen LogP contribution in [0.2, 0.25) is 0 Å². The van der Waals surface area contributed by atoms with Gasteiger partial charge in [-0.3, -0.25) is 0 Å². The Kier molecular flexibility index (Phi) is 4.19. The second-order valence-electron chi connectivity index (χ2n) is 3.74. The monoisotopic (exact) mass is 410 g/mol. The van der Waals surface area contributed by atoms with Gasteiger partial charge in [0.1, 0.15) is 5.82 Å². The zero-order valence-corrected chi connectivity index (χ0v) is 12.8. The van der Waals surface area contributed by atoms with Gasteiger partial charge < -0.3 is 11.1 Å². The largest absolute Gasteiger partial charge is 0.417 e. The number of hydrogen-bond donors (Lipinski definition) is 2. The number of nitrogens with one attached hydrogen (secondary N) is 1. The maximum atomic E-state index is 12.8. The minimum atomic E-state index is -4.45. The highest BCUT2D eigenvalue weighted by Crippen LogP contribution is 2.37. The molecule has 2 aromatic rings. The molecule has 0 saturated heterocycles. The van der Waals surface area contributed by atoms with Crippen molar-refractivity contribution in [1.82, 2.24) is 9.97 Å². The van der Waals surface area contributed by atoms with Crippen molar-refractivity contribution in [1.29, 1.82) is 0 Å². The van der Waals surface area contributed by atoms with E-state index in [1.165, 1.54) is 18.3 Å². The van der Waals surface area contributed by atoms with Crippen LogP contribution in [0.15, 0.2) is 33.3 Å². The van der Waals surface area contributed by atoms with E-state index in [2.05, 4.69) is 47.1 Å². The summed E-state index contributed by atoms with van der Waals surface area (Å²) in [5.74, 6) is 0.303. The number of anilines is 3. The topological polar surface area (TPSA) is 63.8 Å². The van der Waals surface area contributed by atoms with Gasteiger partial charge in [-0.2, -0.15) is 18.2 Å². The molecule has 20 heavy (non-hydrogen) atoms. The highest BCUT2D eigenvalue weighted by molar-refractivity contribution is 9.10. The number of rotatable bonds is 2. The molecule has 0 aliphatic heterocycles. The van der Waals surface area contributed by atoms with Crippen LogP contribution < -0.4 is 11.1 Å². The molecule has 0 bridgehead atoms. The van der Waals surface area contributed by atoms with Crippen molar-refractivity contribution in [3.63, 3.8) is 0 Å². The smallest absolute Gasteiger partial charge is 0.368 e. The van der Waals surface area contributed by atoms with Gasteiger partial charge >= 0.3 is 6.18 Å². The van der Waals surface area contributed by atoms with Gasteiger partial charge in [0.2, 0.25) is 5.95 Å². The number of nitrogen functional groups attached to an aromatic ring is 1. The quantitative estimate of drug-likeness (QED) is 0.771. The molecular formula is C11H7Br2F3N4. The summed E-state index contributed by atoms with van der Waals surface area (Å²) in [7, 11) is 0. The molecule has 0 aliphatic carbocycles. The van der Waals surface area contributed by atoms with Crippen molar-refractivity contribution in [2.24, 2.45) is 0 Å². The van der Waals surface area contributed by atoms with Crippen LogP contribution >= 0.6 is 31.9 Å². The molecule has 106 valence electrons. The van der Waals surface area contributed by atoms with E-state index in [9.17, 15) is 13.2 Å². The molecule has 0 radical (unpaired) electrons. The third-order valence-corrected chi connectivity index (χ3v) is 3.57. The first-order valence-corrected chi connectivity index (χ1v) is 6.78. The molecule has 0 spiro atoms. The summed E-state index contributed by atoms with van der Waals surface area (Å²) in [5.41, 5.74) is 4.89. The van der Waals surface area contributed by atoms with Crippen LogP contribution in [0.1, 0.15) is 5.56 Å². The molecule has 0 atom stereocenters. The predicted molar refractivity (Wildman–Crippen MR) is 76.6 cm³/mol. The molecule has 3 N–H and O–H groups in total. The molecule has 9 heteroatoms. The number of hydrogen-bond acceptors (Lipinski definition) is 4. The lowest BCUT2D eigenvalue weighted by atomic mass is 10.2. The Morgan fingerprint density at radius 1 is 1.15 bits per heavy atom. The van der Waals surface area contributed by atoms with Gasteiger partial charge in [0.05, 0.1) is 10.0 Å². The second-order valence-corrected chi connectivity index (χ2v) is 5.45. The van der Waals surface area contributed by atoms with Crippen molar-refractivity contribution in [2.75, 3.05) is 11.1 Å². The van der Waals surface area contributed by atoms with Crippen LogP contribution in [0, 0.1) is 0 Å². The number of alkyl halides is 3. The zero-order valence-electron chi connectivity index (χ0n) is 9.67. The van der Waals surface area contributed by atoms with Gasteiger partial charge in [0.25, 0.3) is 0 Å². The molecule has 1 aromatic heterocycles. The van der Waals surface area contributed by atoms with Crippen molar-refractivity contribution in [3.8, 4) is 0 Å². The number of aromatic nitrogens is 2. The van der Waals surface area contributed by atoms with Gasteiger partial charge in [-0.1, -0.05) is 15.9 Å². The first-order chi connectivity index (χ1) is 9.27. The van der Waals surface area contributed by atoms with Crippen LogP contribution in [-0.4, -0.2) is 9.97 Å². The standard InChI is InChI=1S/C11H7Br2F3N4/c12-7-2-1-5(3-6(7)11(14,15)16)19-9-8(13)4-18-10(17)20-9/h1-4H,(H3,17,18,19,20). The minimum Gasteiger partial charge on any atom is -0.368 e. The molecule has 0 amide bonds. The van der Waals surface area contributed by atoms with Crippen LogP contribution in [0.5, 0.6) is 0 Å². The third-order valence-electron chi connectivity index (χ3n) is 2.30. The van der Waals surface area contributed by atoms with E-state index in [0.29, 0.717) is 4.47 Å². The van der Waals surface area contributed by atoms with Crippen LogP contribution in [0.4, 0.5) is 30.6 Å². The SMILES string of the molecule is Nc1ncc(Br)c(Nc2ccc(Br)c(C(F)(F)F)c2)n1. The Morgan fingerprint density at radius 3 is 2.50 bits per heavy atom. The Labute approximate surface area is 128 Å². The molecular weight excluding hydrogens is 405 g/mol. The fourth-order valence-corrected chi connectivity index (χ4v) is 2.19. The van der Waals surface area contributed by atoms with Gasteiger partial charge in [0.15, 0.2) is 0 Å². The van der Waals surface area contributed by atoms with E-state index in [0.717, 1.165) is 6.07 Å². The lowest BCUT2D eigenvalue weighted by molar-refractivity contribution is -0.138. The molecule has 0 unspecified atom stereocenters. The lowest BCUT2D eigenvalue weighted by Gasteiger charge is -2.13. The summed E-state index contributed by atoms with van der Waals surface area (Å²) in [6.07, 6.45) is -3.04. The molecule has 0 saturated carbocycles. The molecule has 1 heterocycles. The summed E-state index contributed by atoms with van der Waals surface area (Å²) in [5, 5.41) is 2.75. The van der Waals surface area contributed by atoms with Crippen molar-refractivity contribution >= 4 is 49.3 Å². The summed E-state index contributed by atoms with van der Waals surface area (Å²) >= 11 is 6.06. The molecule has 1 aromatic carbocycles. The average Bonchev–Trinajstić information content (AvgIpc) is 2.35. The van der Waals surface area contributed by atoms with Crippen LogP contribution in [-0.2, 0) is 6.18 Å². The summed E-state index contributed by atoms with van der Waals surface area (Å²) in [4.78, 5) is 7.64. The first kappa shape index (κ1) is 15.0. The minimum absolute atomic E-state index is 0.0175. The van der Waals surface area contributed by atoms with E-state index in [1.807, 2.05) is 0 Å². The normalized spacial score (nSPS) is 11.4. The Bertz CT molecular complexity index is 646. The van der Waals surface area contributed by atoms with E-state index < -0.39 is 11.7 Å². The van der Waals surface area contributed by atoms with Crippen molar-refractivity contribution in [2.45, 2.75) is 6.18 Å². The van der Waals surface area contributed by atoms with Gasteiger partial charge in [-0.15, -0.1) is 0 Å². The zero-order chi connectivity index (χ0) is 14.9. The van der Waals surface area contributed by atoms with Crippen LogP contribution in [0.3, 0.4) is 0 Å². The second kappa shape index (κ2) is 5.57. The van der Waals surface area contributed by atoms with E-state index in [1.54, 1.807) is 0 Å². The number of nitrogens with two attached hydrogens (primary N) is 1.